The highest BCUT2D eigenvalue weighted by atomic mass is 35.5. The van der Waals surface area contributed by atoms with Gasteiger partial charge in [-0.05, 0) is 30.2 Å². The van der Waals surface area contributed by atoms with E-state index >= 15 is 0 Å². The Labute approximate surface area is 140 Å². The standard InChI is InChI=1S/C18H20ClFN2O/c1-3-12(2)16-11-23-18(21-16)17-8-5-9-22(17)10-13-14(19)6-4-7-15(13)20/h4-9,12,16H,3,10-11H2,1-2H3. The fourth-order valence-electron chi connectivity index (χ4n) is 2.69. The zero-order valence-electron chi connectivity index (χ0n) is 13.3. The smallest absolute Gasteiger partial charge is 0.233 e. The summed E-state index contributed by atoms with van der Waals surface area (Å²) in [6, 6.07) is 8.77. The molecule has 2 heterocycles. The Morgan fingerprint density at radius 2 is 2.22 bits per heavy atom. The SMILES string of the molecule is CCC(C)C1COC(c2cccn2Cc2c(F)cccc2Cl)=N1. The third-order valence-electron chi connectivity index (χ3n) is 4.41. The summed E-state index contributed by atoms with van der Waals surface area (Å²) in [5, 5.41) is 0.427. The van der Waals surface area contributed by atoms with Crippen LogP contribution in [0.4, 0.5) is 4.39 Å². The van der Waals surface area contributed by atoms with Gasteiger partial charge in [0, 0.05) is 16.8 Å². The predicted octanol–water partition coefficient (Wildman–Crippen LogP) is 4.52. The number of halogens is 2. The maximum Gasteiger partial charge on any atom is 0.233 e. The molecule has 1 aliphatic rings. The summed E-state index contributed by atoms with van der Waals surface area (Å²) in [6.07, 6.45) is 2.96. The molecule has 3 nitrogen and oxygen atoms in total. The first-order valence-electron chi connectivity index (χ1n) is 7.89. The highest BCUT2D eigenvalue weighted by Crippen LogP contribution is 2.23. The predicted molar refractivity (Wildman–Crippen MR) is 90.7 cm³/mol. The van der Waals surface area contributed by atoms with Gasteiger partial charge in [0.1, 0.15) is 18.1 Å². The molecule has 0 bridgehead atoms. The molecule has 5 heteroatoms. The minimum absolute atomic E-state index is 0.190. The van der Waals surface area contributed by atoms with Crippen molar-refractivity contribution in [2.75, 3.05) is 6.61 Å². The lowest BCUT2D eigenvalue weighted by molar-refractivity contribution is 0.281. The van der Waals surface area contributed by atoms with Crippen molar-refractivity contribution in [1.82, 2.24) is 4.57 Å². The van der Waals surface area contributed by atoms with Gasteiger partial charge in [-0.1, -0.05) is 37.9 Å². The number of aromatic nitrogens is 1. The third kappa shape index (κ3) is 3.27. The fourth-order valence-corrected chi connectivity index (χ4v) is 2.92. The molecule has 0 radical (unpaired) electrons. The van der Waals surface area contributed by atoms with Crippen molar-refractivity contribution in [3.05, 3.63) is 58.6 Å². The maximum atomic E-state index is 14.0. The molecule has 2 aromatic rings. The zero-order chi connectivity index (χ0) is 16.4. The van der Waals surface area contributed by atoms with E-state index in [-0.39, 0.29) is 11.9 Å². The van der Waals surface area contributed by atoms with Crippen LogP contribution in [0.15, 0.2) is 41.5 Å². The molecule has 122 valence electrons. The van der Waals surface area contributed by atoms with Crippen molar-refractivity contribution in [3.63, 3.8) is 0 Å². The van der Waals surface area contributed by atoms with Gasteiger partial charge in [0.2, 0.25) is 5.90 Å². The monoisotopic (exact) mass is 334 g/mol. The van der Waals surface area contributed by atoms with Crippen molar-refractivity contribution in [3.8, 4) is 0 Å². The molecule has 0 saturated heterocycles. The second-order valence-electron chi connectivity index (χ2n) is 5.92. The molecule has 2 unspecified atom stereocenters. The Bertz CT molecular complexity index is 705. The molecule has 2 atom stereocenters. The molecule has 23 heavy (non-hydrogen) atoms. The Balaban J connectivity index is 1.86. The number of ether oxygens (including phenoxy) is 1. The minimum atomic E-state index is -0.302. The van der Waals surface area contributed by atoms with E-state index < -0.39 is 0 Å². The zero-order valence-corrected chi connectivity index (χ0v) is 14.1. The quantitative estimate of drug-likeness (QED) is 0.789. The number of hydrogen-bond donors (Lipinski definition) is 0. The van der Waals surface area contributed by atoms with E-state index in [1.807, 2.05) is 22.9 Å². The van der Waals surface area contributed by atoms with E-state index in [1.165, 1.54) is 6.07 Å². The van der Waals surface area contributed by atoms with Crippen LogP contribution in [0.5, 0.6) is 0 Å². The summed E-state index contributed by atoms with van der Waals surface area (Å²) in [4.78, 5) is 4.70. The van der Waals surface area contributed by atoms with Crippen LogP contribution in [0.1, 0.15) is 31.5 Å². The normalized spacial score (nSPS) is 18.6. The van der Waals surface area contributed by atoms with Crippen molar-refractivity contribution in [1.29, 1.82) is 0 Å². The van der Waals surface area contributed by atoms with Crippen molar-refractivity contribution in [2.45, 2.75) is 32.9 Å². The van der Waals surface area contributed by atoms with Crippen LogP contribution in [0.2, 0.25) is 5.02 Å². The second-order valence-corrected chi connectivity index (χ2v) is 6.33. The topological polar surface area (TPSA) is 26.5 Å². The van der Waals surface area contributed by atoms with Gasteiger partial charge in [-0.25, -0.2) is 9.38 Å². The summed E-state index contributed by atoms with van der Waals surface area (Å²) in [5.41, 5.74) is 1.33. The lowest BCUT2D eigenvalue weighted by Crippen LogP contribution is -2.16. The summed E-state index contributed by atoms with van der Waals surface area (Å²) < 4.78 is 21.7. The van der Waals surface area contributed by atoms with Crippen LogP contribution in [0.25, 0.3) is 0 Å². The highest BCUT2D eigenvalue weighted by Gasteiger charge is 2.26. The molecule has 0 N–H and O–H groups in total. The van der Waals surface area contributed by atoms with E-state index in [0.717, 1.165) is 12.1 Å². The van der Waals surface area contributed by atoms with E-state index in [4.69, 9.17) is 21.3 Å². The van der Waals surface area contributed by atoms with Crippen molar-refractivity contribution in [2.24, 2.45) is 10.9 Å². The molecule has 0 aliphatic carbocycles. The van der Waals surface area contributed by atoms with E-state index in [0.29, 0.717) is 35.6 Å². The van der Waals surface area contributed by atoms with Gasteiger partial charge in [-0.15, -0.1) is 0 Å². The molecule has 0 saturated carbocycles. The Morgan fingerprint density at radius 1 is 1.39 bits per heavy atom. The number of hydrogen-bond acceptors (Lipinski definition) is 2. The number of rotatable bonds is 5. The van der Waals surface area contributed by atoms with E-state index in [2.05, 4.69) is 13.8 Å². The summed E-state index contributed by atoms with van der Waals surface area (Å²) >= 11 is 6.13. The van der Waals surface area contributed by atoms with Crippen LogP contribution in [0.3, 0.4) is 0 Å². The number of benzene rings is 1. The van der Waals surface area contributed by atoms with Crippen LogP contribution in [-0.4, -0.2) is 23.1 Å². The average Bonchev–Trinajstić information content (AvgIpc) is 3.19. The molecule has 1 aliphatic heterocycles. The largest absolute Gasteiger partial charge is 0.474 e. The minimum Gasteiger partial charge on any atom is -0.474 e. The van der Waals surface area contributed by atoms with Gasteiger partial charge in [-0.2, -0.15) is 0 Å². The summed E-state index contributed by atoms with van der Waals surface area (Å²) in [6.45, 7) is 5.29. The molecule has 0 fully saturated rings. The Hall–Kier alpha value is -1.81. The first-order valence-corrected chi connectivity index (χ1v) is 8.27. The van der Waals surface area contributed by atoms with Gasteiger partial charge < -0.3 is 9.30 Å². The van der Waals surface area contributed by atoms with Gasteiger partial charge >= 0.3 is 0 Å². The lowest BCUT2D eigenvalue weighted by atomic mass is 10.0. The first kappa shape index (κ1) is 16.1. The van der Waals surface area contributed by atoms with Gasteiger partial charge in [-0.3, -0.25) is 0 Å². The average molecular weight is 335 g/mol. The van der Waals surface area contributed by atoms with Gasteiger partial charge in [0.25, 0.3) is 0 Å². The number of aliphatic imine (C=N–C) groups is 1. The van der Waals surface area contributed by atoms with Crippen molar-refractivity contribution >= 4 is 17.5 Å². The Kier molecular flexibility index (Phi) is 4.71. The number of nitrogens with zero attached hydrogens (tertiary/aromatic N) is 2. The van der Waals surface area contributed by atoms with Crippen LogP contribution in [0, 0.1) is 11.7 Å². The van der Waals surface area contributed by atoms with Crippen molar-refractivity contribution < 1.29 is 9.13 Å². The molecule has 0 amide bonds. The maximum absolute atomic E-state index is 14.0. The van der Waals surface area contributed by atoms with E-state index in [9.17, 15) is 4.39 Å². The van der Waals surface area contributed by atoms with Crippen LogP contribution in [-0.2, 0) is 11.3 Å². The second kappa shape index (κ2) is 6.75. The van der Waals surface area contributed by atoms with Gasteiger partial charge in [0.05, 0.1) is 12.6 Å². The third-order valence-corrected chi connectivity index (χ3v) is 4.77. The molecule has 1 aromatic heterocycles. The Morgan fingerprint density at radius 3 is 2.96 bits per heavy atom. The fraction of sp³-hybridized carbons (Fsp3) is 0.389. The van der Waals surface area contributed by atoms with E-state index in [1.54, 1.807) is 12.1 Å². The van der Waals surface area contributed by atoms with Crippen LogP contribution < -0.4 is 0 Å². The molecular weight excluding hydrogens is 315 g/mol. The van der Waals surface area contributed by atoms with Crippen LogP contribution >= 0.6 is 11.6 Å². The lowest BCUT2D eigenvalue weighted by Gasteiger charge is -2.11. The highest BCUT2D eigenvalue weighted by molar-refractivity contribution is 6.31. The molecule has 3 rings (SSSR count). The molecular formula is C18H20ClFN2O. The summed E-state index contributed by atoms with van der Waals surface area (Å²) in [5.74, 6) is 0.814. The molecule has 0 spiro atoms. The summed E-state index contributed by atoms with van der Waals surface area (Å²) in [7, 11) is 0. The first-order chi connectivity index (χ1) is 11.1. The molecule has 1 aromatic carbocycles. The van der Waals surface area contributed by atoms with Gasteiger partial charge in [0.15, 0.2) is 0 Å².